The highest BCUT2D eigenvalue weighted by Gasteiger charge is 2.41. The van der Waals surface area contributed by atoms with Crippen molar-refractivity contribution in [3.05, 3.63) is 99.8 Å². The maximum absolute atomic E-state index is 6.66. The third-order valence-electron chi connectivity index (χ3n) is 6.21. The van der Waals surface area contributed by atoms with Crippen LogP contribution in [-0.4, -0.2) is 29.0 Å². The Morgan fingerprint density at radius 2 is 1.85 bits per heavy atom. The van der Waals surface area contributed by atoms with Crippen molar-refractivity contribution < 1.29 is 14.2 Å². The van der Waals surface area contributed by atoms with Crippen LogP contribution in [0.2, 0.25) is 0 Å². The summed E-state index contributed by atoms with van der Waals surface area (Å²) >= 11 is 3.64. The minimum absolute atomic E-state index is 0.247. The fourth-order valence-corrected chi connectivity index (χ4v) is 5.23. The van der Waals surface area contributed by atoms with Gasteiger partial charge in [-0.1, -0.05) is 30.3 Å². The monoisotopic (exact) mass is 516 g/mol. The number of methoxy groups -OCH3 is 2. The molecule has 0 saturated carbocycles. The maximum atomic E-state index is 6.66. The number of hydrogen-bond acceptors (Lipinski definition) is 6. The van der Waals surface area contributed by atoms with Crippen LogP contribution in [0.3, 0.4) is 0 Å². The SMILES string of the molecule is COc1cccc(C2C3=C(Nc4ncnn42)c2ccccc2OC3c2ccc(OC)c(Br)c2)c1. The van der Waals surface area contributed by atoms with Gasteiger partial charge in [0.25, 0.3) is 0 Å². The number of halogens is 1. The van der Waals surface area contributed by atoms with Crippen LogP contribution in [0.1, 0.15) is 28.8 Å². The van der Waals surface area contributed by atoms with E-state index in [9.17, 15) is 0 Å². The molecule has 2 aliphatic heterocycles. The van der Waals surface area contributed by atoms with Gasteiger partial charge in [0, 0.05) is 11.1 Å². The molecule has 3 aromatic carbocycles. The molecule has 0 fully saturated rings. The number of benzene rings is 3. The minimum atomic E-state index is -0.367. The largest absolute Gasteiger partial charge is 0.497 e. The quantitative estimate of drug-likeness (QED) is 0.379. The normalized spacial score (nSPS) is 18.2. The molecule has 8 heteroatoms. The molecule has 0 bridgehead atoms. The lowest BCUT2D eigenvalue weighted by molar-refractivity contribution is 0.223. The van der Waals surface area contributed by atoms with Gasteiger partial charge >= 0.3 is 0 Å². The second-order valence-electron chi connectivity index (χ2n) is 8.05. The highest BCUT2D eigenvalue weighted by atomic mass is 79.9. The van der Waals surface area contributed by atoms with E-state index in [1.807, 2.05) is 59.3 Å². The van der Waals surface area contributed by atoms with Gasteiger partial charge in [0.2, 0.25) is 5.95 Å². The molecule has 1 aromatic heterocycles. The lowest BCUT2D eigenvalue weighted by Gasteiger charge is -2.39. The van der Waals surface area contributed by atoms with Crippen LogP contribution >= 0.6 is 15.9 Å². The summed E-state index contributed by atoms with van der Waals surface area (Å²) in [7, 11) is 3.33. The Balaban J connectivity index is 1.61. The van der Waals surface area contributed by atoms with Gasteiger partial charge in [0.1, 0.15) is 35.7 Å². The lowest BCUT2D eigenvalue weighted by atomic mass is 9.84. The van der Waals surface area contributed by atoms with Gasteiger partial charge in [0.15, 0.2) is 0 Å². The molecule has 4 aromatic rings. The first-order valence-electron chi connectivity index (χ1n) is 10.8. The van der Waals surface area contributed by atoms with Crippen LogP contribution in [0.5, 0.6) is 17.2 Å². The van der Waals surface area contributed by atoms with Crippen molar-refractivity contribution in [2.24, 2.45) is 0 Å². The number of nitrogens with zero attached hydrogens (tertiary/aromatic N) is 3. The standard InChI is InChI=1S/C26H21BrN4O3/c1-32-17-7-5-6-15(12-17)24-22-23(30-26-28-14-29-31(24)26)18-8-3-4-9-20(18)34-25(22)16-10-11-21(33-2)19(27)13-16/h3-14,24-25H,1-2H3,(H,28,29,30). The van der Waals surface area contributed by atoms with E-state index in [0.29, 0.717) is 5.95 Å². The molecule has 3 heterocycles. The topological polar surface area (TPSA) is 70.4 Å². The molecule has 7 nitrogen and oxygen atoms in total. The van der Waals surface area contributed by atoms with E-state index in [1.165, 1.54) is 0 Å². The molecule has 2 atom stereocenters. The fraction of sp³-hybridized carbons (Fsp3) is 0.154. The molecule has 1 N–H and O–H groups in total. The van der Waals surface area contributed by atoms with Crippen LogP contribution in [0.15, 0.2) is 83.1 Å². The fourth-order valence-electron chi connectivity index (χ4n) is 4.67. The predicted octanol–water partition coefficient (Wildman–Crippen LogP) is 5.62. The first-order chi connectivity index (χ1) is 16.7. The lowest BCUT2D eigenvalue weighted by Crippen LogP contribution is -2.32. The van der Waals surface area contributed by atoms with E-state index in [2.05, 4.69) is 43.5 Å². The van der Waals surface area contributed by atoms with Gasteiger partial charge in [-0.15, -0.1) is 0 Å². The Labute approximate surface area is 205 Å². The minimum Gasteiger partial charge on any atom is -0.497 e. The van der Waals surface area contributed by atoms with Crippen molar-refractivity contribution in [3.63, 3.8) is 0 Å². The molecule has 170 valence electrons. The van der Waals surface area contributed by atoms with Crippen LogP contribution < -0.4 is 19.5 Å². The van der Waals surface area contributed by atoms with Crippen LogP contribution in [-0.2, 0) is 0 Å². The molecule has 0 spiro atoms. The van der Waals surface area contributed by atoms with Gasteiger partial charge in [-0.3, -0.25) is 0 Å². The summed E-state index contributed by atoms with van der Waals surface area (Å²) in [5.74, 6) is 3.03. The second kappa shape index (κ2) is 8.22. The number of para-hydroxylation sites is 1. The third-order valence-corrected chi connectivity index (χ3v) is 6.83. The Morgan fingerprint density at radius 3 is 2.68 bits per heavy atom. The van der Waals surface area contributed by atoms with E-state index < -0.39 is 0 Å². The third kappa shape index (κ3) is 3.25. The second-order valence-corrected chi connectivity index (χ2v) is 8.91. The van der Waals surface area contributed by atoms with Gasteiger partial charge < -0.3 is 19.5 Å². The Morgan fingerprint density at radius 1 is 0.971 bits per heavy atom. The molecular weight excluding hydrogens is 496 g/mol. The number of fused-ring (bicyclic) bond motifs is 3. The van der Waals surface area contributed by atoms with Crippen molar-refractivity contribution in [2.45, 2.75) is 12.1 Å². The number of rotatable bonds is 4. The van der Waals surface area contributed by atoms with Crippen LogP contribution in [0.25, 0.3) is 5.70 Å². The molecule has 0 aliphatic carbocycles. The summed E-state index contributed by atoms with van der Waals surface area (Å²) in [4.78, 5) is 4.48. The van der Waals surface area contributed by atoms with Gasteiger partial charge in [-0.05, 0) is 63.5 Å². The van der Waals surface area contributed by atoms with E-state index >= 15 is 0 Å². The van der Waals surface area contributed by atoms with Crippen molar-refractivity contribution in [3.8, 4) is 17.2 Å². The summed E-state index contributed by atoms with van der Waals surface area (Å²) < 4.78 is 20.4. The summed E-state index contributed by atoms with van der Waals surface area (Å²) in [6.45, 7) is 0. The number of aromatic nitrogens is 3. The highest BCUT2D eigenvalue weighted by molar-refractivity contribution is 9.10. The highest BCUT2D eigenvalue weighted by Crippen LogP contribution is 2.51. The zero-order chi connectivity index (χ0) is 23.2. The number of hydrogen-bond donors (Lipinski definition) is 1. The first-order valence-corrected chi connectivity index (χ1v) is 11.6. The summed E-state index contributed by atoms with van der Waals surface area (Å²) in [5.41, 5.74) is 5.03. The van der Waals surface area contributed by atoms with Gasteiger partial charge in [-0.25, -0.2) is 4.68 Å². The first kappa shape index (κ1) is 20.8. The van der Waals surface area contributed by atoms with Gasteiger partial charge in [0.05, 0.1) is 24.4 Å². The van der Waals surface area contributed by atoms with Crippen LogP contribution in [0.4, 0.5) is 5.95 Å². The van der Waals surface area contributed by atoms with Crippen molar-refractivity contribution >= 4 is 27.6 Å². The summed E-state index contributed by atoms with van der Waals surface area (Å²) in [5, 5.41) is 8.10. The Bertz CT molecular complexity index is 1430. The molecule has 2 unspecified atom stereocenters. The zero-order valence-corrected chi connectivity index (χ0v) is 20.1. The van der Waals surface area contributed by atoms with Crippen LogP contribution in [0, 0.1) is 0 Å². The smallest absolute Gasteiger partial charge is 0.226 e. The Kier molecular flexibility index (Phi) is 5.03. The average Bonchev–Trinajstić information content (AvgIpc) is 3.35. The molecule has 34 heavy (non-hydrogen) atoms. The number of ether oxygens (including phenoxy) is 3. The van der Waals surface area contributed by atoms with Crippen molar-refractivity contribution in [1.82, 2.24) is 14.8 Å². The average molecular weight is 517 g/mol. The summed E-state index contributed by atoms with van der Waals surface area (Å²) in [6, 6.07) is 21.9. The van der Waals surface area contributed by atoms with Crippen molar-refractivity contribution in [1.29, 1.82) is 0 Å². The molecule has 0 amide bonds. The number of nitrogens with one attached hydrogen (secondary N) is 1. The molecule has 0 saturated heterocycles. The van der Waals surface area contributed by atoms with Gasteiger partial charge in [-0.2, -0.15) is 10.1 Å². The van der Waals surface area contributed by atoms with E-state index in [1.54, 1.807) is 20.5 Å². The zero-order valence-electron chi connectivity index (χ0n) is 18.5. The number of anilines is 1. The van der Waals surface area contributed by atoms with E-state index in [-0.39, 0.29) is 12.1 Å². The molecular formula is C26H21BrN4O3. The van der Waals surface area contributed by atoms with Crippen molar-refractivity contribution in [2.75, 3.05) is 19.5 Å². The van der Waals surface area contributed by atoms with E-state index in [0.717, 1.165) is 49.7 Å². The molecule has 0 radical (unpaired) electrons. The predicted molar refractivity (Wildman–Crippen MR) is 132 cm³/mol. The molecule has 6 rings (SSSR count). The summed E-state index contributed by atoms with van der Waals surface area (Å²) in [6.07, 6.45) is 1.20. The molecule has 2 aliphatic rings. The maximum Gasteiger partial charge on any atom is 0.226 e. The Hall–Kier alpha value is -3.78. The van der Waals surface area contributed by atoms with E-state index in [4.69, 9.17) is 14.2 Å².